The van der Waals surface area contributed by atoms with Gasteiger partial charge in [-0.15, -0.1) is 0 Å². The van der Waals surface area contributed by atoms with E-state index in [1.165, 1.54) is 12.1 Å². The largest absolute Gasteiger partial charge is 0.353 e. The van der Waals surface area contributed by atoms with Crippen molar-refractivity contribution in [2.45, 2.75) is 25.3 Å². The lowest BCUT2D eigenvalue weighted by Gasteiger charge is -2.33. The molecule has 1 saturated heterocycles. The Kier molecular flexibility index (Phi) is 5.94. The number of rotatable bonds is 5. The van der Waals surface area contributed by atoms with Crippen LogP contribution in [-0.2, 0) is 11.2 Å². The third-order valence-corrected chi connectivity index (χ3v) is 5.91. The van der Waals surface area contributed by atoms with E-state index in [2.05, 4.69) is 36.3 Å². The van der Waals surface area contributed by atoms with Gasteiger partial charge in [-0.1, -0.05) is 34.1 Å². The smallest absolute Gasteiger partial charge is 0.224 e. The molecule has 1 atom stereocenters. The zero-order valence-corrected chi connectivity index (χ0v) is 17.5. The summed E-state index contributed by atoms with van der Waals surface area (Å²) in [7, 11) is 0. The van der Waals surface area contributed by atoms with Crippen LogP contribution < -0.4 is 10.2 Å². The highest BCUT2D eigenvalue weighted by atomic mass is 79.9. The summed E-state index contributed by atoms with van der Waals surface area (Å²) in [5, 5.41) is 10.6. The summed E-state index contributed by atoms with van der Waals surface area (Å²) in [6, 6.07) is 16.2. The third kappa shape index (κ3) is 4.85. The molecule has 2 aromatic carbocycles. The van der Waals surface area contributed by atoms with Crippen molar-refractivity contribution in [3.8, 4) is 11.3 Å². The fourth-order valence-electron chi connectivity index (χ4n) is 3.65. The molecule has 1 aromatic heterocycles. The molecular weight excluding hydrogens is 435 g/mol. The molecule has 150 valence electrons. The van der Waals surface area contributed by atoms with Crippen molar-refractivity contribution in [3.63, 3.8) is 0 Å². The van der Waals surface area contributed by atoms with Crippen LogP contribution in [0.25, 0.3) is 11.3 Å². The topological polar surface area (TPSA) is 61.0 Å². The number of carbonyl (C=O) groups excluding carboxylic acids is 1. The quantitative estimate of drug-likeness (QED) is 0.601. The number of hydrogen-bond acceptors (Lipinski definition) is 3. The lowest BCUT2D eigenvalue weighted by atomic mass is 10.0. The molecule has 4 rings (SSSR count). The maximum Gasteiger partial charge on any atom is 0.224 e. The molecule has 5 nitrogen and oxygen atoms in total. The summed E-state index contributed by atoms with van der Waals surface area (Å²) in [5.41, 5.74) is 2.72. The molecule has 2 N–H and O–H groups in total. The number of benzene rings is 2. The summed E-state index contributed by atoms with van der Waals surface area (Å²) < 4.78 is 14.1. The molecule has 0 bridgehead atoms. The predicted molar refractivity (Wildman–Crippen MR) is 115 cm³/mol. The van der Waals surface area contributed by atoms with Gasteiger partial charge in [-0.25, -0.2) is 4.39 Å². The van der Waals surface area contributed by atoms with Gasteiger partial charge in [0.2, 0.25) is 5.91 Å². The number of aromatic nitrogens is 2. The molecule has 0 aliphatic carbocycles. The van der Waals surface area contributed by atoms with Gasteiger partial charge in [-0.2, -0.15) is 5.10 Å². The first-order valence-corrected chi connectivity index (χ1v) is 10.5. The SMILES string of the molecule is O=C(Cc1ccccc1Br)N[C@H]1CCCN(c2cc(-c3ccc(F)cc3)[nH]n2)C1. The van der Waals surface area contributed by atoms with E-state index in [1.54, 1.807) is 12.1 Å². The number of nitrogens with one attached hydrogen (secondary N) is 2. The van der Waals surface area contributed by atoms with Crippen LogP contribution in [0.2, 0.25) is 0 Å². The van der Waals surface area contributed by atoms with Gasteiger partial charge < -0.3 is 10.2 Å². The van der Waals surface area contributed by atoms with E-state index >= 15 is 0 Å². The molecule has 1 aliphatic heterocycles. The van der Waals surface area contributed by atoms with Crippen molar-refractivity contribution in [1.29, 1.82) is 0 Å². The zero-order valence-electron chi connectivity index (χ0n) is 15.9. The first-order valence-electron chi connectivity index (χ1n) is 9.67. The first kappa shape index (κ1) is 19.6. The van der Waals surface area contributed by atoms with E-state index in [9.17, 15) is 9.18 Å². The van der Waals surface area contributed by atoms with Gasteiger partial charge >= 0.3 is 0 Å². The van der Waals surface area contributed by atoms with Crippen molar-refractivity contribution in [2.24, 2.45) is 0 Å². The van der Waals surface area contributed by atoms with Gasteiger partial charge in [0.05, 0.1) is 12.1 Å². The lowest BCUT2D eigenvalue weighted by molar-refractivity contribution is -0.121. The van der Waals surface area contributed by atoms with E-state index < -0.39 is 0 Å². The molecule has 29 heavy (non-hydrogen) atoms. The zero-order chi connectivity index (χ0) is 20.2. The highest BCUT2D eigenvalue weighted by molar-refractivity contribution is 9.10. The number of nitrogens with zero attached hydrogens (tertiary/aromatic N) is 2. The van der Waals surface area contributed by atoms with Crippen molar-refractivity contribution in [1.82, 2.24) is 15.5 Å². The third-order valence-electron chi connectivity index (χ3n) is 5.14. The van der Waals surface area contributed by atoms with Crippen LogP contribution in [-0.4, -0.2) is 35.2 Å². The Morgan fingerprint density at radius 2 is 2.03 bits per heavy atom. The molecule has 1 amide bonds. The summed E-state index contributed by atoms with van der Waals surface area (Å²) in [6.45, 7) is 1.61. The average molecular weight is 457 g/mol. The van der Waals surface area contributed by atoms with Crippen LogP contribution in [0.1, 0.15) is 18.4 Å². The summed E-state index contributed by atoms with van der Waals surface area (Å²) >= 11 is 3.49. The Morgan fingerprint density at radius 1 is 1.24 bits per heavy atom. The van der Waals surface area contributed by atoms with E-state index in [-0.39, 0.29) is 17.8 Å². The Labute approximate surface area is 177 Å². The molecule has 0 unspecified atom stereocenters. The highest BCUT2D eigenvalue weighted by Gasteiger charge is 2.23. The molecular formula is C22H22BrFN4O. The minimum Gasteiger partial charge on any atom is -0.353 e. The van der Waals surface area contributed by atoms with Crippen LogP contribution in [0.3, 0.4) is 0 Å². The van der Waals surface area contributed by atoms with E-state index in [0.29, 0.717) is 6.42 Å². The molecule has 0 spiro atoms. The number of H-pyrrole nitrogens is 1. The molecule has 2 heterocycles. The highest BCUT2D eigenvalue weighted by Crippen LogP contribution is 2.24. The van der Waals surface area contributed by atoms with Crippen LogP contribution in [0.15, 0.2) is 59.1 Å². The minimum absolute atomic E-state index is 0.0257. The fourth-order valence-corrected chi connectivity index (χ4v) is 4.07. The Bertz CT molecular complexity index is 988. The number of carbonyl (C=O) groups is 1. The maximum atomic E-state index is 13.1. The summed E-state index contributed by atoms with van der Waals surface area (Å²) in [5.74, 6) is 0.609. The van der Waals surface area contributed by atoms with Crippen LogP contribution in [0, 0.1) is 5.82 Å². The molecule has 3 aromatic rings. The molecule has 1 fully saturated rings. The number of amides is 1. The number of halogens is 2. The van der Waals surface area contributed by atoms with Crippen LogP contribution in [0.4, 0.5) is 10.2 Å². The van der Waals surface area contributed by atoms with Gasteiger partial charge in [-0.05, 0) is 54.3 Å². The van der Waals surface area contributed by atoms with E-state index in [0.717, 1.165) is 53.0 Å². The standard InChI is InChI=1S/C22H22BrFN4O/c23-19-6-2-1-4-16(19)12-22(29)25-18-5-3-11-28(14-18)21-13-20(26-27-21)15-7-9-17(24)10-8-15/h1-2,4,6-10,13,18H,3,5,11-12,14H2,(H,25,29)(H,26,27)/t18-/m0/s1. The molecule has 7 heteroatoms. The van der Waals surface area contributed by atoms with Crippen molar-refractivity contribution in [2.75, 3.05) is 18.0 Å². The normalized spacial score (nSPS) is 16.6. The number of hydrogen-bond donors (Lipinski definition) is 2. The Balaban J connectivity index is 1.38. The van der Waals surface area contributed by atoms with Crippen molar-refractivity contribution >= 4 is 27.7 Å². The second-order valence-electron chi connectivity index (χ2n) is 7.27. The summed E-state index contributed by atoms with van der Waals surface area (Å²) in [4.78, 5) is 14.7. The van der Waals surface area contributed by atoms with Gasteiger partial charge in [-0.3, -0.25) is 9.89 Å². The van der Waals surface area contributed by atoms with Gasteiger partial charge in [0.25, 0.3) is 0 Å². The summed E-state index contributed by atoms with van der Waals surface area (Å²) in [6.07, 6.45) is 2.29. The molecule has 1 aliphatic rings. The number of piperidine rings is 1. The van der Waals surface area contributed by atoms with E-state index in [1.807, 2.05) is 30.3 Å². The monoisotopic (exact) mass is 456 g/mol. The van der Waals surface area contributed by atoms with Crippen molar-refractivity contribution in [3.05, 3.63) is 70.5 Å². The maximum absolute atomic E-state index is 13.1. The van der Waals surface area contributed by atoms with Crippen LogP contribution >= 0.6 is 15.9 Å². The van der Waals surface area contributed by atoms with Gasteiger partial charge in [0, 0.05) is 29.7 Å². The fraction of sp³-hybridized carbons (Fsp3) is 0.273. The lowest BCUT2D eigenvalue weighted by Crippen LogP contribution is -2.48. The minimum atomic E-state index is -0.259. The van der Waals surface area contributed by atoms with Crippen molar-refractivity contribution < 1.29 is 9.18 Å². The Hall–Kier alpha value is -2.67. The second-order valence-corrected chi connectivity index (χ2v) is 8.12. The average Bonchev–Trinajstić information content (AvgIpc) is 3.21. The van der Waals surface area contributed by atoms with Gasteiger partial charge in [0.1, 0.15) is 5.82 Å². The molecule has 0 radical (unpaired) electrons. The van der Waals surface area contributed by atoms with Crippen LogP contribution in [0.5, 0.6) is 0 Å². The Morgan fingerprint density at radius 3 is 2.83 bits per heavy atom. The van der Waals surface area contributed by atoms with E-state index in [4.69, 9.17) is 0 Å². The second kappa shape index (κ2) is 8.78. The van der Waals surface area contributed by atoms with Gasteiger partial charge in [0.15, 0.2) is 5.82 Å². The number of anilines is 1. The number of aromatic amines is 1. The first-order chi connectivity index (χ1) is 14.1. The molecule has 0 saturated carbocycles. The predicted octanol–water partition coefficient (Wildman–Crippen LogP) is 4.31.